The molecule has 1 aliphatic heterocycles. The molecule has 0 fully saturated rings. The number of para-hydroxylation sites is 1. The third-order valence-electron chi connectivity index (χ3n) is 14.7. The molecule has 0 spiro atoms. The Kier molecular flexibility index (Phi) is 8.30. The number of hydrogen-bond donors (Lipinski definition) is 0. The minimum atomic E-state index is -3.69. The summed E-state index contributed by atoms with van der Waals surface area (Å²) >= 11 is 1.79. The zero-order valence-corrected chi connectivity index (χ0v) is 39.1. The number of nitrogens with zero attached hydrogens (tertiary/aromatic N) is 2. The smallest absolute Gasteiger partial charge is 0.207 e. The van der Waals surface area contributed by atoms with Crippen molar-refractivity contribution in [1.29, 1.82) is 0 Å². The number of benzene rings is 10. The third kappa shape index (κ3) is 5.72. The fourth-order valence-corrected chi connectivity index (χ4v) is 14.0. The molecule has 10 aromatic carbocycles. The van der Waals surface area contributed by atoms with E-state index >= 15 is 0 Å². The lowest BCUT2D eigenvalue weighted by Crippen LogP contribution is -1.96. The summed E-state index contributed by atoms with van der Waals surface area (Å²) in [5, 5.41) is 9.62. The number of sulfone groups is 1. The molecule has 0 saturated carbocycles. The number of hydrogen-bond acceptors (Lipinski definition) is 3. The first-order valence-electron chi connectivity index (χ1n) is 23.5. The van der Waals surface area contributed by atoms with Crippen molar-refractivity contribution in [1.82, 2.24) is 8.97 Å². The van der Waals surface area contributed by atoms with Crippen molar-refractivity contribution in [3.05, 3.63) is 230 Å². The van der Waals surface area contributed by atoms with E-state index in [4.69, 9.17) is 0 Å². The van der Waals surface area contributed by atoms with Gasteiger partial charge in [0.2, 0.25) is 9.84 Å². The highest BCUT2D eigenvalue weighted by atomic mass is 32.2. The second-order valence-electron chi connectivity index (χ2n) is 18.5. The average Bonchev–Trinajstić information content (AvgIpc) is 4.22. The summed E-state index contributed by atoms with van der Waals surface area (Å²) in [7, 11) is -3.69. The predicted molar refractivity (Wildman–Crippen MR) is 291 cm³/mol. The van der Waals surface area contributed by atoms with Crippen molar-refractivity contribution in [2.45, 2.75) is 9.79 Å². The normalized spacial score (nSPS) is 13.1. The van der Waals surface area contributed by atoms with Crippen LogP contribution in [0, 0.1) is 0 Å². The molecule has 15 rings (SSSR count). The van der Waals surface area contributed by atoms with Gasteiger partial charge in [-0.25, -0.2) is 8.42 Å². The first-order chi connectivity index (χ1) is 34.4. The van der Waals surface area contributed by atoms with Gasteiger partial charge in [-0.15, -0.1) is 11.3 Å². The van der Waals surface area contributed by atoms with Crippen molar-refractivity contribution in [3.8, 4) is 72.4 Å². The molecule has 0 unspecified atom stereocenters. The Morgan fingerprint density at radius 3 is 1.44 bits per heavy atom. The highest BCUT2D eigenvalue weighted by Crippen LogP contribution is 2.48. The van der Waals surface area contributed by atoms with Gasteiger partial charge in [-0.3, -0.25) is 4.40 Å². The van der Waals surface area contributed by atoms with Crippen LogP contribution in [0.2, 0.25) is 0 Å². The van der Waals surface area contributed by atoms with Crippen molar-refractivity contribution in [2.75, 3.05) is 0 Å². The van der Waals surface area contributed by atoms with Crippen LogP contribution in [-0.4, -0.2) is 17.4 Å². The minimum absolute atomic E-state index is 0.349. The summed E-state index contributed by atoms with van der Waals surface area (Å²) in [6.07, 6.45) is 0. The fraction of sp³-hybridized carbons (Fsp3) is 0. The molecule has 5 heterocycles. The van der Waals surface area contributed by atoms with E-state index in [0.717, 1.165) is 61.2 Å². The van der Waals surface area contributed by atoms with Crippen LogP contribution >= 0.6 is 11.3 Å². The molecule has 14 aromatic rings. The van der Waals surface area contributed by atoms with Crippen LogP contribution in [0.1, 0.15) is 0 Å². The standard InChI is InChI=1S/C64H38N2O2S2/c67-70(68)61-28-22-46(41-18-24-49(25-19-41)65-59-26-20-44(39-10-3-1-4-11-39)33-52(59)53-34-45(21-27-60(53)65)40-12-5-2-6-13-40)35-54(61)55-36-47(23-29-62(55)70)42-14-9-15-43(32-42)48-37-56-50-16-7-8-17-58(50)66-63(56)57(38-48)51-30-31-69-64(51)66/h1-38H. The monoisotopic (exact) mass is 930 g/mol. The summed E-state index contributed by atoms with van der Waals surface area (Å²) in [4.78, 5) is 1.97. The second kappa shape index (κ2) is 14.7. The van der Waals surface area contributed by atoms with Crippen molar-refractivity contribution in [3.63, 3.8) is 0 Å². The van der Waals surface area contributed by atoms with E-state index in [2.05, 4.69) is 215 Å². The minimum Gasteiger partial charge on any atom is -0.309 e. The molecule has 0 saturated heterocycles. The first kappa shape index (κ1) is 39.4. The van der Waals surface area contributed by atoms with E-state index < -0.39 is 9.84 Å². The van der Waals surface area contributed by atoms with Crippen molar-refractivity contribution < 1.29 is 8.42 Å². The van der Waals surface area contributed by atoms with Crippen LogP contribution in [0.5, 0.6) is 0 Å². The maximum atomic E-state index is 14.1. The third-order valence-corrected chi connectivity index (χ3v) is 17.5. The van der Waals surface area contributed by atoms with E-state index in [1.807, 2.05) is 12.1 Å². The molecule has 0 atom stereocenters. The van der Waals surface area contributed by atoms with Crippen LogP contribution in [-0.2, 0) is 9.84 Å². The summed E-state index contributed by atoms with van der Waals surface area (Å²) in [5.41, 5.74) is 18.3. The molecule has 1 aliphatic rings. The Hall–Kier alpha value is -8.55. The van der Waals surface area contributed by atoms with Gasteiger partial charge in [0.15, 0.2) is 0 Å². The molecule has 0 amide bonds. The number of thiophene rings is 1. The summed E-state index contributed by atoms with van der Waals surface area (Å²) in [6, 6.07) is 79.1. The maximum absolute atomic E-state index is 14.1. The Balaban J connectivity index is 0.801. The lowest BCUT2D eigenvalue weighted by molar-refractivity contribution is 0.598. The van der Waals surface area contributed by atoms with Crippen LogP contribution in [0.25, 0.3) is 132 Å². The van der Waals surface area contributed by atoms with Gasteiger partial charge in [-0.05, 0) is 152 Å². The molecule has 4 aromatic heterocycles. The average molecular weight is 931 g/mol. The quantitative estimate of drug-likeness (QED) is 0.167. The molecule has 0 aliphatic carbocycles. The topological polar surface area (TPSA) is 43.5 Å². The van der Waals surface area contributed by atoms with Gasteiger partial charge in [-0.2, -0.15) is 0 Å². The van der Waals surface area contributed by atoms with Gasteiger partial charge in [0.05, 0.1) is 31.9 Å². The highest BCUT2D eigenvalue weighted by Gasteiger charge is 2.33. The zero-order chi connectivity index (χ0) is 46.2. The van der Waals surface area contributed by atoms with Crippen molar-refractivity contribution >= 4 is 80.4 Å². The van der Waals surface area contributed by atoms with Crippen molar-refractivity contribution in [2.24, 2.45) is 0 Å². The largest absolute Gasteiger partial charge is 0.309 e. The zero-order valence-electron chi connectivity index (χ0n) is 37.5. The van der Waals surface area contributed by atoms with Crippen LogP contribution in [0.15, 0.2) is 240 Å². The molecular formula is C64H38N2O2S2. The number of aromatic nitrogens is 2. The van der Waals surface area contributed by atoms with Crippen LogP contribution in [0.4, 0.5) is 0 Å². The summed E-state index contributed by atoms with van der Waals surface area (Å²) in [6.45, 7) is 0. The van der Waals surface area contributed by atoms with E-state index in [9.17, 15) is 8.42 Å². The lowest BCUT2D eigenvalue weighted by atomic mass is 9.94. The van der Waals surface area contributed by atoms with E-state index in [-0.39, 0.29) is 0 Å². The molecule has 328 valence electrons. The highest BCUT2D eigenvalue weighted by molar-refractivity contribution is 7.92. The van der Waals surface area contributed by atoms with Gasteiger partial charge in [0.25, 0.3) is 0 Å². The van der Waals surface area contributed by atoms with Gasteiger partial charge in [0.1, 0.15) is 4.83 Å². The van der Waals surface area contributed by atoms with E-state index in [1.54, 1.807) is 23.5 Å². The molecule has 0 radical (unpaired) electrons. The lowest BCUT2D eigenvalue weighted by Gasteiger charge is -2.11. The molecule has 0 bridgehead atoms. The Morgan fingerprint density at radius 1 is 0.329 bits per heavy atom. The van der Waals surface area contributed by atoms with Crippen LogP contribution < -0.4 is 0 Å². The van der Waals surface area contributed by atoms with Crippen LogP contribution in [0.3, 0.4) is 0 Å². The fourth-order valence-electron chi connectivity index (χ4n) is 11.4. The predicted octanol–water partition coefficient (Wildman–Crippen LogP) is 17.1. The second-order valence-corrected chi connectivity index (χ2v) is 21.3. The van der Waals surface area contributed by atoms with Gasteiger partial charge >= 0.3 is 0 Å². The molecular weight excluding hydrogens is 893 g/mol. The maximum Gasteiger partial charge on any atom is 0.207 e. The van der Waals surface area contributed by atoms with E-state index in [1.165, 1.54) is 70.4 Å². The van der Waals surface area contributed by atoms with E-state index in [0.29, 0.717) is 9.79 Å². The SMILES string of the molecule is O=S1(=O)c2ccc(-c3ccc(-n4c5ccc(-c6ccccc6)cc5c5cc(-c6ccccc6)ccc54)cc3)cc2-c2cc(-c3cccc(-c4cc5c6ccccc6n6c7sccc7c(c4)c56)c3)ccc21. The molecule has 0 N–H and O–H groups in total. The Morgan fingerprint density at radius 2 is 0.800 bits per heavy atom. The Bertz CT molecular complexity index is 4480. The summed E-state index contributed by atoms with van der Waals surface area (Å²) in [5.74, 6) is 0. The summed E-state index contributed by atoms with van der Waals surface area (Å²) < 4.78 is 33.0. The van der Waals surface area contributed by atoms with Gasteiger partial charge < -0.3 is 4.57 Å². The first-order valence-corrected chi connectivity index (χ1v) is 25.9. The number of fused-ring (bicyclic) bond motifs is 12. The van der Waals surface area contributed by atoms with Gasteiger partial charge in [0, 0.05) is 49.1 Å². The molecule has 70 heavy (non-hydrogen) atoms. The Labute approximate surface area is 407 Å². The van der Waals surface area contributed by atoms with Gasteiger partial charge in [-0.1, -0.05) is 133 Å². The molecule has 4 nitrogen and oxygen atoms in total. The number of rotatable bonds is 6. The molecule has 6 heteroatoms.